The lowest BCUT2D eigenvalue weighted by molar-refractivity contribution is -0.137. The SMILES string of the molecule is CCNC(=O)[C@H]1O[C@@H](n2cnc3c(NCC(c4ccccc4)c4ccccc4)nc(CNC(=O)NC4CCCCC4)nc32)[C@H](O)[C@@H]1O. The number of hydrogen-bond donors (Lipinski definition) is 6. The van der Waals surface area contributed by atoms with Crippen LogP contribution in [0.5, 0.6) is 0 Å². The number of aliphatic hydroxyl groups excluding tert-OH is 2. The zero-order valence-corrected chi connectivity index (χ0v) is 26.4. The first-order chi connectivity index (χ1) is 22.9. The van der Waals surface area contributed by atoms with Gasteiger partial charge in [0.15, 0.2) is 35.1 Å². The number of nitrogens with one attached hydrogen (secondary N) is 4. The molecule has 4 atom stereocenters. The fraction of sp³-hybridized carbons (Fsp3) is 0.441. The first kappa shape index (κ1) is 32.4. The first-order valence-corrected chi connectivity index (χ1v) is 16.3. The Balaban J connectivity index is 1.30. The van der Waals surface area contributed by atoms with Gasteiger partial charge in [0, 0.05) is 25.0 Å². The standard InChI is InChI=1S/C34H42N8O5/c1-2-35-32(45)29-27(43)28(44)33(47-29)42-20-38-26-30(36-18-24(21-12-6-3-7-13-21)22-14-8-4-9-15-22)40-25(41-31(26)42)19-37-34(46)39-23-16-10-5-11-17-23/h3-4,6-9,12-15,20,23-24,27-29,33,43-44H,2,5,10-11,16-19H2,1H3,(H,35,45)(H,36,40,41)(H2,37,39,46)/t27-,28+,29-,33+/m0/s1. The lowest BCUT2D eigenvalue weighted by Gasteiger charge is -2.23. The van der Waals surface area contributed by atoms with Crippen molar-refractivity contribution in [3.05, 3.63) is 83.9 Å². The minimum atomic E-state index is -1.45. The van der Waals surface area contributed by atoms with Crippen LogP contribution in [0.4, 0.5) is 10.6 Å². The number of carbonyl (C=O) groups is 2. The van der Waals surface area contributed by atoms with Crippen LogP contribution in [0, 0.1) is 0 Å². The van der Waals surface area contributed by atoms with Gasteiger partial charge in [-0.05, 0) is 30.9 Å². The van der Waals surface area contributed by atoms with Crippen molar-refractivity contribution in [1.82, 2.24) is 35.5 Å². The molecule has 3 amide bonds. The molecule has 6 N–H and O–H groups in total. The van der Waals surface area contributed by atoms with Crippen molar-refractivity contribution in [2.45, 2.75) is 82.1 Å². The molecule has 0 radical (unpaired) electrons. The fourth-order valence-electron chi connectivity index (χ4n) is 6.37. The molecular formula is C34H42N8O5. The van der Waals surface area contributed by atoms with Gasteiger partial charge in [-0.2, -0.15) is 0 Å². The second kappa shape index (κ2) is 14.9. The Morgan fingerprint density at radius 2 is 1.62 bits per heavy atom. The lowest BCUT2D eigenvalue weighted by Crippen LogP contribution is -2.42. The summed E-state index contributed by atoms with van der Waals surface area (Å²) in [6.45, 7) is 2.61. The molecule has 0 bridgehead atoms. The van der Waals surface area contributed by atoms with Crippen LogP contribution in [-0.2, 0) is 16.1 Å². The number of urea groups is 1. The third-order valence-electron chi connectivity index (χ3n) is 8.81. The summed E-state index contributed by atoms with van der Waals surface area (Å²) in [6, 6.07) is 20.2. The van der Waals surface area contributed by atoms with Crippen LogP contribution in [0.2, 0.25) is 0 Å². The summed E-state index contributed by atoms with van der Waals surface area (Å²) in [5.74, 6) is 0.207. The van der Waals surface area contributed by atoms with E-state index < -0.39 is 30.4 Å². The Bertz CT molecular complexity index is 1610. The van der Waals surface area contributed by atoms with Gasteiger partial charge in [0.1, 0.15) is 12.2 Å². The van der Waals surface area contributed by atoms with E-state index in [-0.39, 0.29) is 24.5 Å². The quantitative estimate of drug-likeness (QED) is 0.144. The highest BCUT2D eigenvalue weighted by Gasteiger charge is 2.47. The van der Waals surface area contributed by atoms with Crippen LogP contribution >= 0.6 is 0 Å². The van der Waals surface area contributed by atoms with E-state index >= 15 is 0 Å². The Hall–Kier alpha value is -4.59. The molecule has 1 saturated carbocycles. The van der Waals surface area contributed by atoms with Gasteiger partial charge in [-0.1, -0.05) is 79.9 Å². The summed E-state index contributed by atoms with van der Waals surface area (Å²) in [5, 5.41) is 33.7. The van der Waals surface area contributed by atoms with Gasteiger partial charge in [0.2, 0.25) is 0 Å². The molecule has 1 saturated heterocycles. The number of nitrogens with zero attached hydrogens (tertiary/aromatic N) is 4. The number of aliphatic hydroxyl groups is 2. The van der Waals surface area contributed by atoms with E-state index in [0.29, 0.717) is 35.9 Å². The van der Waals surface area contributed by atoms with Crippen LogP contribution < -0.4 is 21.3 Å². The number of hydrogen-bond acceptors (Lipinski definition) is 9. The van der Waals surface area contributed by atoms with Crippen molar-refractivity contribution in [3.63, 3.8) is 0 Å². The van der Waals surface area contributed by atoms with E-state index in [0.717, 1.165) is 36.8 Å². The summed E-state index contributed by atoms with van der Waals surface area (Å²) in [7, 11) is 0. The molecule has 13 nitrogen and oxygen atoms in total. The number of carbonyl (C=O) groups excluding carboxylic acids is 2. The van der Waals surface area contributed by atoms with E-state index in [2.05, 4.69) is 50.5 Å². The van der Waals surface area contributed by atoms with Crippen molar-refractivity contribution in [1.29, 1.82) is 0 Å². The molecule has 2 aromatic heterocycles. The predicted octanol–water partition coefficient (Wildman–Crippen LogP) is 2.96. The van der Waals surface area contributed by atoms with Crippen LogP contribution in [0.25, 0.3) is 11.2 Å². The summed E-state index contributed by atoms with van der Waals surface area (Å²) in [6.07, 6.45) is 1.47. The topological polar surface area (TPSA) is 176 Å². The van der Waals surface area contributed by atoms with Crippen LogP contribution in [0.1, 0.15) is 68.1 Å². The Morgan fingerprint density at radius 1 is 0.936 bits per heavy atom. The number of imidazole rings is 1. The average Bonchev–Trinajstić information content (AvgIpc) is 3.65. The zero-order chi connectivity index (χ0) is 32.8. The minimum Gasteiger partial charge on any atom is -0.387 e. The van der Waals surface area contributed by atoms with Gasteiger partial charge in [-0.15, -0.1) is 0 Å². The number of likely N-dealkylation sites (N-methyl/N-ethyl adjacent to an activating group) is 1. The van der Waals surface area contributed by atoms with Crippen LogP contribution in [0.3, 0.4) is 0 Å². The second-order valence-electron chi connectivity index (χ2n) is 12.1. The van der Waals surface area contributed by atoms with Gasteiger partial charge in [-0.3, -0.25) is 9.36 Å². The molecule has 6 rings (SSSR count). The smallest absolute Gasteiger partial charge is 0.315 e. The van der Waals surface area contributed by atoms with E-state index in [1.54, 1.807) is 6.92 Å². The van der Waals surface area contributed by atoms with E-state index in [4.69, 9.17) is 14.7 Å². The zero-order valence-electron chi connectivity index (χ0n) is 26.4. The number of amides is 3. The first-order valence-electron chi connectivity index (χ1n) is 16.3. The van der Waals surface area contributed by atoms with Crippen molar-refractivity contribution in [2.75, 3.05) is 18.4 Å². The number of aromatic nitrogens is 4. The number of fused-ring (bicyclic) bond motifs is 1. The Morgan fingerprint density at radius 3 is 2.28 bits per heavy atom. The van der Waals surface area contributed by atoms with Crippen LogP contribution in [0.15, 0.2) is 67.0 Å². The molecule has 2 aliphatic rings. The number of ether oxygens (including phenoxy) is 1. The van der Waals surface area contributed by atoms with E-state index in [1.165, 1.54) is 17.3 Å². The van der Waals surface area contributed by atoms with Crippen molar-refractivity contribution >= 4 is 28.9 Å². The maximum absolute atomic E-state index is 12.8. The fourth-order valence-corrected chi connectivity index (χ4v) is 6.37. The van der Waals surface area contributed by atoms with Gasteiger partial charge >= 0.3 is 6.03 Å². The monoisotopic (exact) mass is 642 g/mol. The third-order valence-corrected chi connectivity index (χ3v) is 8.81. The predicted molar refractivity (Wildman–Crippen MR) is 175 cm³/mol. The highest BCUT2D eigenvalue weighted by molar-refractivity contribution is 5.84. The maximum atomic E-state index is 12.8. The normalized spacial score (nSPS) is 21.5. The molecule has 248 valence electrons. The number of benzene rings is 2. The second-order valence-corrected chi connectivity index (χ2v) is 12.1. The van der Waals surface area contributed by atoms with Gasteiger partial charge in [0.05, 0.1) is 12.9 Å². The number of anilines is 1. The molecule has 1 aliphatic heterocycles. The molecule has 1 aliphatic carbocycles. The van der Waals surface area contributed by atoms with Gasteiger partial charge < -0.3 is 36.2 Å². The summed E-state index contributed by atoms with van der Waals surface area (Å²) >= 11 is 0. The molecule has 0 spiro atoms. The van der Waals surface area contributed by atoms with Crippen molar-refractivity contribution in [2.24, 2.45) is 0 Å². The Kier molecular flexibility index (Phi) is 10.2. The maximum Gasteiger partial charge on any atom is 0.315 e. The van der Waals surface area contributed by atoms with Crippen molar-refractivity contribution in [3.8, 4) is 0 Å². The summed E-state index contributed by atoms with van der Waals surface area (Å²) < 4.78 is 7.37. The van der Waals surface area contributed by atoms with E-state index in [9.17, 15) is 19.8 Å². The summed E-state index contributed by atoms with van der Waals surface area (Å²) in [4.78, 5) is 39.4. The molecule has 13 heteroatoms. The van der Waals surface area contributed by atoms with Crippen LogP contribution in [-0.4, -0.2) is 79.1 Å². The molecule has 4 aromatic rings. The van der Waals surface area contributed by atoms with Gasteiger partial charge in [0.25, 0.3) is 5.91 Å². The molecule has 2 fully saturated rings. The molecule has 0 unspecified atom stereocenters. The van der Waals surface area contributed by atoms with E-state index in [1.807, 2.05) is 36.4 Å². The summed E-state index contributed by atoms with van der Waals surface area (Å²) in [5.41, 5.74) is 2.97. The largest absolute Gasteiger partial charge is 0.387 e. The highest BCUT2D eigenvalue weighted by Crippen LogP contribution is 2.33. The average molecular weight is 643 g/mol. The van der Waals surface area contributed by atoms with Crippen molar-refractivity contribution < 1.29 is 24.5 Å². The lowest BCUT2D eigenvalue weighted by atomic mass is 9.91. The van der Waals surface area contributed by atoms with Gasteiger partial charge in [-0.25, -0.2) is 19.7 Å². The molecule has 47 heavy (non-hydrogen) atoms. The minimum absolute atomic E-state index is 0.0136. The highest BCUT2D eigenvalue weighted by atomic mass is 16.6. The molecular weight excluding hydrogens is 600 g/mol. The molecule has 2 aromatic carbocycles. The molecule has 3 heterocycles. The number of rotatable bonds is 11. The third kappa shape index (κ3) is 7.37. The Labute approximate surface area is 273 Å².